The van der Waals surface area contributed by atoms with E-state index in [-0.39, 0.29) is 0 Å². The molecule has 3 rings (SSSR count). The van der Waals surface area contributed by atoms with Crippen molar-refractivity contribution in [2.75, 3.05) is 39.1 Å². The molecule has 0 fully saturated rings. The van der Waals surface area contributed by atoms with Gasteiger partial charge in [-0.2, -0.15) is 24.8 Å². The van der Waals surface area contributed by atoms with E-state index in [0.717, 1.165) is 30.2 Å². The van der Waals surface area contributed by atoms with E-state index in [2.05, 4.69) is 30.9 Å². The van der Waals surface area contributed by atoms with Crippen molar-refractivity contribution in [3.05, 3.63) is 42.2 Å². The fourth-order valence-corrected chi connectivity index (χ4v) is 2.38. The Hall–Kier alpha value is -2.98. The van der Waals surface area contributed by atoms with Crippen LogP contribution in [0.1, 0.15) is 5.56 Å². The third kappa shape index (κ3) is 3.19. The maximum Gasteiger partial charge on any atom is 0.254 e. The van der Waals surface area contributed by atoms with Gasteiger partial charge in [-0.25, -0.2) is 0 Å². The number of anilines is 1. The molecule has 7 nitrogen and oxygen atoms in total. The molecule has 0 spiro atoms. The first-order valence-corrected chi connectivity index (χ1v) is 7.65. The molecule has 2 aromatic heterocycles. The lowest BCUT2D eigenvalue weighted by molar-refractivity contribution is 0.416. The molecule has 0 atom stereocenters. The first kappa shape index (κ1) is 15.9. The van der Waals surface area contributed by atoms with Gasteiger partial charge in [0.15, 0.2) is 0 Å². The third-order valence-electron chi connectivity index (χ3n) is 3.82. The normalized spacial score (nSPS) is 11.0. The smallest absolute Gasteiger partial charge is 0.254 e. The van der Waals surface area contributed by atoms with Gasteiger partial charge in [0.25, 0.3) is 5.78 Å². The lowest BCUT2D eigenvalue weighted by Crippen LogP contribution is -2.29. The SMILES string of the molecule is CN(C)CCN(C)c1cc(-c2ccc(C#N)cc2)n2ncnc2n1. The third-order valence-corrected chi connectivity index (χ3v) is 3.82. The molecule has 1 aromatic carbocycles. The van der Waals surface area contributed by atoms with Crippen molar-refractivity contribution >= 4 is 11.6 Å². The molecule has 0 aliphatic rings. The summed E-state index contributed by atoms with van der Waals surface area (Å²) >= 11 is 0. The molecular weight excluding hydrogens is 302 g/mol. The van der Waals surface area contributed by atoms with E-state index in [1.165, 1.54) is 6.33 Å². The summed E-state index contributed by atoms with van der Waals surface area (Å²) in [4.78, 5) is 13.0. The van der Waals surface area contributed by atoms with Crippen LogP contribution >= 0.6 is 0 Å². The fourth-order valence-electron chi connectivity index (χ4n) is 2.38. The Morgan fingerprint density at radius 3 is 2.54 bits per heavy atom. The van der Waals surface area contributed by atoms with Gasteiger partial charge in [0.05, 0.1) is 17.3 Å². The van der Waals surface area contributed by atoms with Crippen LogP contribution in [0.4, 0.5) is 5.82 Å². The van der Waals surface area contributed by atoms with Gasteiger partial charge in [-0.1, -0.05) is 12.1 Å². The zero-order valence-corrected chi connectivity index (χ0v) is 14.0. The summed E-state index contributed by atoms with van der Waals surface area (Å²) in [5.41, 5.74) is 2.49. The Kier molecular flexibility index (Phi) is 4.40. The number of nitriles is 1. The number of nitrogens with zero attached hydrogens (tertiary/aromatic N) is 7. The highest BCUT2D eigenvalue weighted by Crippen LogP contribution is 2.24. The first-order valence-electron chi connectivity index (χ1n) is 7.65. The van der Waals surface area contributed by atoms with Gasteiger partial charge in [-0.05, 0) is 26.2 Å². The monoisotopic (exact) mass is 321 g/mol. The highest BCUT2D eigenvalue weighted by atomic mass is 15.3. The largest absolute Gasteiger partial charge is 0.358 e. The van der Waals surface area contributed by atoms with Crippen molar-refractivity contribution in [2.24, 2.45) is 0 Å². The summed E-state index contributed by atoms with van der Waals surface area (Å²) in [6.07, 6.45) is 1.50. The van der Waals surface area contributed by atoms with Gasteiger partial charge in [0.1, 0.15) is 12.1 Å². The van der Waals surface area contributed by atoms with Crippen molar-refractivity contribution in [2.45, 2.75) is 0 Å². The molecule has 0 unspecified atom stereocenters. The van der Waals surface area contributed by atoms with Gasteiger partial charge in [0.2, 0.25) is 0 Å². The van der Waals surface area contributed by atoms with Crippen molar-refractivity contribution in [1.29, 1.82) is 5.26 Å². The molecule has 0 radical (unpaired) electrons. The van der Waals surface area contributed by atoms with Crippen LogP contribution in [0.2, 0.25) is 0 Å². The van der Waals surface area contributed by atoms with Crippen molar-refractivity contribution in [1.82, 2.24) is 24.5 Å². The molecule has 0 amide bonds. The zero-order valence-electron chi connectivity index (χ0n) is 14.0. The molecular formula is C17H19N7. The topological polar surface area (TPSA) is 73.3 Å². The van der Waals surface area contributed by atoms with Crippen molar-refractivity contribution in [3.8, 4) is 17.3 Å². The highest BCUT2D eigenvalue weighted by Gasteiger charge is 2.12. The Labute approximate surface area is 140 Å². The average Bonchev–Trinajstić information content (AvgIpc) is 3.07. The summed E-state index contributed by atoms with van der Waals surface area (Å²) in [6.45, 7) is 1.79. The molecule has 0 aliphatic heterocycles. The van der Waals surface area contributed by atoms with Crippen LogP contribution < -0.4 is 4.90 Å². The number of benzene rings is 1. The molecule has 0 N–H and O–H groups in total. The summed E-state index contributed by atoms with van der Waals surface area (Å²) in [7, 11) is 6.11. The maximum atomic E-state index is 8.96. The van der Waals surface area contributed by atoms with E-state index in [1.54, 1.807) is 16.6 Å². The number of rotatable bonds is 5. The standard InChI is InChI=1S/C17H19N7/c1-22(2)8-9-23(3)16-10-15(24-17(21-16)19-12-20-24)14-6-4-13(11-18)5-7-14/h4-7,10,12H,8-9H2,1-3H3. The average molecular weight is 321 g/mol. The van der Waals surface area contributed by atoms with Crippen LogP contribution in [-0.2, 0) is 0 Å². The number of hydrogen-bond acceptors (Lipinski definition) is 6. The van der Waals surface area contributed by atoms with Crippen LogP contribution in [0.3, 0.4) is 0 Å². The Morgan fingerprint density at radius 2 is 1.88 bits per heavy atom. The zero-order chi connectivity index (χ0) is 17.1. The van der Waals surface area contributed by atoms with Gasteiger partial charge in [-0.15, -0.1) is 0 Å². The Bertz CT molecular complexity index is 874. The minimum Gasteiger partial charge on any atom is -0.358 e. The number of hydrogen-bond donors (Lipinski definition) is 0. The number of aromatic nitrogens is 4. The summed E-state index contributed by atoms with van der Waals surface area (Å²) in [6, 6.07) is 11.6. The second-order valence-electron chi connectivity index (χ2n) is 5.89. The minimum absolute atomic E-state index is 0.559. The summed E-state index contributed by atoms with van der Waals surface area (Å²) in [5, 5.41) is 13.2. The maximum absolute atomic E-state index is 8.96. The molecule has 0 saturated heterocycles. The predicted molar refractivity (Wildman–Crippen MR) is 92.8 cm³/mol. The molecule has 3 aromatic rings. The van der Waals surface area contributed by atoms with E-state index >= 15 is 0 Å². The van der Waals surface area contributed by atoms with E-state index in [4.69, 9.17) is 5.26 Å². The van der Waals surface area contributed by atoms with Crippen LogP contribution in [0.15, 0.2) is 36.7 Å². The van der Waals surface area contributed by atoms with Crippen LogP contribution in [0.25, 0.3) is 17.0 Å². The van der Waals surface area contributed by atoms with E-state index < -0.39 is 0 Å². The van der Waals surface area contributed by atoms with Gasteiger partial charge in [0, 0.05) is 31.8 Å². The molecule has 24 heavy (non-hydrogen) atoms. The quantitative estimate of drug-likeness (QED) is 0.711. The predicted octanol–water partition coefficient (Wildman–Crippen LogP) is 1.66. The Balaban J connectivity index is 2.02. The first-order chi connectivity index (χ1) is 11.6. The molecule has 0 aliphatic carbocycles. The Morgan fingerprint density at radius 1 is 1.12 bits per heavy atom. The summed E-state index contributed by atoms with van der Waals surface area (Å²) < 4.78 is 1.71. The number of fused-ring (bicyclic) bond motifs is 1. The molecule has 0 bridgehead atoms. The highest BCUT2D eigenvalue weighted by molar-refractivity contribution is 5.66. The van der Waals surface area contributed by atoms with E-state index in [0.29, 0.717) is 11.3 Å². The van der Waals surface area contributed by atoms with Crippen molar-refractivity contribution in [3.63, 3.8) is 0 Å². The van der Waals surface area contributed by atoms with E-state index in [1.807, 2.05) is 39.3 Å². The lowest BCUT2D eigenvalue weighted by Gasteiger charge is -2.21. The summed E-state index contributed by atoms with van der Waals surface area (Å²) in [5.74, 6) is 1.40. The van der Waals surface area contributed by atoms with Crippen molar-refractivity contribution < 1.29 is 0 Å². The molecule has 2 heterocycles. The van der Waals surface area contributed by atoms with Crippen LogP contribution in [0, 0.1) is 11.3 Å². The van der Waals surface area contributed by atoms with Gasteiger partial charge >= 0.3 is 0 Å². The second kappa shape index (κ2) is 6.64. The van der Waals surface area contributed by atoms with E-state index in [9.17, 15) is 0 Å². The lowest BCUT2D eigenvalue weighted by atomic mass is 10.1. The number of likely N-dealkylation sites (N-methyl/N-ethyl adjacent to an activating group) is 2. The van der Waals surface area contributed by atoms with Gasteiger partial charge in [-0.3, -0.25) is 0 Å². The van der Waals surface area contributed by atoms with Crippen LogP contribution in [0.5, 0.6) is 0 Å². The van der Waals surface area contributed by atoms with Gasteiger partial charge < -0.3 is 9.80 Å². The second-order valence-corrected chi connectivity index (χ2v) is 5.89. The molecule has 122 valence electrons. The molecule has 7 heteroatoms. The minimum atomic E-state index is 0.559. The van der Waals surface area contributed by atoms with Crippen LogP contribution in [-0.4, -0.2) is 58.7 Å². The molecule has 0 saturated carbocycles. The fraction of sp³-hybridized carbons (Fsp3) is 0.294.